The summed E-state index contributed by atoms with van der Waals surface area (Å²) in [6.45, 7) is 3.54. The SMILES string of the molecule is CC(=O)N1CCN(CC(=O)N(C)C)C[C@H](C(N)=O)C1. The number of nitrogens with two attached hydrogens (primary N) is 1. The molecule has 19 heavy (non-hydrogen) atoms. The van der Waals surface area contributed by atoms with Crippen LogP contribution in [0.25, 0.3) is 0 Å². The van der Waals surface area contributed by atoms with Gasteiger partial charge in [-0.15, -0.1) is 0 Å². The third-order valence-corrected chi connectivity index (χ3v) is 3.31. The summed E-state index contributed by atoms with van der Waals surface area (Å²) in [7, 11) is 3.38. The van der Waals surface area contributed by atoms with E-state index in [1.54, 1.807) is 19.0 Å². The second-order valence-corrected chi connectivity index (χ2v) is 5.09. The lowest BCUT2D eigenvalue weighted by molar-refractivity contribution is -0.131. The van der Waals surface area contributed by atoms with Gasteiger partial charge < -0.3 is 15.5 Å². The van der Waals surface area contributed by atoms with Crippen molar-refractivity contribution < 1.29 is 14.4 Å². The van der Waals surface area contributed by atoms with Crippen LogP contribution in [-0.2, 0) is 14.4 Å². The number of likely N-dealkylation sites (N-methyl/N-ethyl adjacent to an activating group) is 1. The summed E-state index contributed by atoms with van der Waals surface area (Å²) in [6, 6.07) is 0. The molecule has 1 heterocycles. The van der Waals surface area contributed by atoms with Gasteiger partial charge in [0.15, 0.2) is 0 Å². The fraction of sp³-hybridized carbons (Fsp3) is 0.750. The van der Waals surface area contributed by atoms with Gasteiger partial charge >= 0.3 is 0 Å². The summed E-state index contributed by atoms with van der Waals surface area (Å²) < 4.78 is 0. The fourth-order valence-corrected chi connectivity index (χ4v) is 2.02. The van der Waals surface area contributed by atoms with Gasteiger partial charge in [-0.1, -0.05) is 0 Å². The lowest BCUT2D eigenvalue weighted by Crippen LogP contribution is -2.42. The van der Waals surface area contributed by atoms with Gasteiger partial charge in [0.1, 0.15) is 0 Å². The Kier molecular flexibility index (Phi) is 5.29. The van der Waals surface area contributed by atoms with Crippen molar-refractivity contribution in [3.8, 4) is 0 Å². The average molecular weight is 270 g/mol. The van der Waals surface area contributed by atoms with Gasteiger partial charge in [0.05, 0.1) is 12.5 Å². The van der Waals surface area contributed by atoms with E-state index in [1.165, 1.54) is 11.8 Å². The monoisotopic (exact) mass is 270 g/mol. The summed E-state index contributed by atoms with van der Waals surface area (Å²) in [5.74, 6) is -0.969. The van der Waals surface area contributed by atoms with Crippen molar-refractivity contribution in [1.82, 2.24) is 14.7 Å². The van der Waals surface area contributed by atoms with Crippen LogP contribution in [-0.4, -0.2) is 79.2 Å². The Morgan fingerprint density at radius 3 is 2.32 bits per heavy atom. The first kappa shape index (κ1) is 15.4. The van der Waals surface area contributed by atoms with Crippen molar-refractivity contribution in [1.29, 1.82) is 0 Å². The molecule has 7 heteroatoms. The molecule has 1 aliphatic heterocycles. The Morgan fingerprint density at radius 1 is 1.21 bits per heavy atom. The summed E-state index contributed by atoms with van der Waals surface area (Å²) >= 11 is 0. The zero-order valence-corrected chi connectivity index (χ0v) is 11.8. The van der Waals surface area contributed by atoms with Crippen molar-refractivity contribution in [2.24, 2.45) is 11.7 Å². The highest BCUT2D eigenvalue weighted by Crippen LogP contribution is 2.10. The molecule has 1 aliphatic rings. The lowest BCUT2D eigenvalue weighted by atomic mass is 10.1. The van der Waals surface area contributed by atoms with Crippen LogP contribution in [0, 0.1) is 5.92 Å². The van der Waals surface area contributed by atoms with Crippen molar-refractivity contribution in [3.05, 3.63) is 0 Å². The minimum Gasteiger partial charge on any atom is -0.369 e. The molecule has 0 aromatic carbocycles. The number of rotatable bonds is 3. The largest absolute Gasteiger partial charge is 0.369 e. The Bertz CT molecular complexity index is 370. The van der Waals surface area contributed by atoms with Crippen molar-refractivity contribution in [3.63, 3.8) is 0 Å². The van der Waals surface area contributed by atoms with Gasteiger partial charge in [0.2, 0.25) is 17.7 Å². The summed E-state index contributed by atoms with van der Waals surface area (Å²) in [5.41, 5.74) is 5.35. The molecule has 7 nitrogen and oxygen atoms in total. The van der Waals surface area contributed by atoms with E-state index in [4.69, 9.17) is 5.73 Å². The number of hydrogen-bond donors (Lipinski definition) is 1. The topological polar surface area (TPSA) is 87.0 Å². The first-order valence-electron chi connectivity index (χ1n) is 6.28. The number of carbonyl (C=O) groups excluding carboxylic acids is 3. The molecular formula is C12H22N4O3. The molecule has 0 radical (unpaired) electrons. The van der Waals surface area contributed by atoms with Crippen LogP contribution in [0.2, 0.25) is 0 Å². The number of amides is 3. The molecule has 0 aliphatic carbocycles. The maximum Gasteiger partial charge on any atom is 0.236 e. The van der Waals surface area contributed by atoms with Crippen molar-refractivity contribution in [2.75, 3.05) is 46.8 Å². The van der Waals surface area contributed by atoms with Gasteiger partial charge in [-0.2, -0.15) is 0 Å². The molecule has 108 valence electrons. The zero-order valence-electron chi connectivity index (χ0n) is 11.8. The third kappa shape index (κ3) is 4.51. The van der Waals surface area contributed by atoms with Gasteiger partial charge in [0, 0.05) is 47.2 Å². The molecule has 1 atom stereocenters. The molecule has 0 bridgehead atoms. The van der Waals surface area contributed by atoms with Crippen LogP contribution in [0.15, 0.2) is 0 Å². The molecule has 0 aromatic rings. The maximum atomic E-state index is 11.7. The Balaban J connectivity index is 2.72. The first-order chi connectivity index (χ1) is 8.81. The second-order valence-electron chi connectivity index (χ2n) is 5.09. The highest BCUT2D eigenvalue weighted by atomic mass is 16.2. The summed E-state index contributed by atoms with van der Waals surface area (Å²) in [5, 5.41) is 0. The molecule has 0 saturated carbocycles. The molecule has 3 amide bonds. The van der Waals surface area contributed by atoms with Crippen LogP contribution in [0.4, 0.5) is 0 Å². The lowest BCUT2D eigenvalue weighted by Gasteiger charge is -2.23. The average Bonchev–Trinajstić information content (AvgIpc) is 2.51. The van der Waals surface area contributed by atoms with Gasteiger partial charge in [-0.05, 0) is 0 Å². The molecule has 0 spiro atoms. The van der Waals surface area contributed by atoms with Crippen LogP contribution in [0.5, 0.6) is 0 Å². The highest BCUT2D eigenvalue weighted by molar-refractivity contribution is 5.80. The molecule has 2 N–H and O–H groups in total. The zero-order chi connectivity index (χ0) is 14.6. The number of hydrogen-bond acceptors (Lipinski definition) is 4. The molecule has 1 fully saturated rings. The Morgan fingerprint density at radius 2 is 1.84 bits per heavy atom. The predicted molar refractivity (Wildman–Crippen MR) is 70.1 cm³/mol. The minimum absolute atomic E-state index is 0.0282. The maximum absolute atomic E-state index is 11.7. The molecule has 0 aromatic heterocycles. The minimum atomic E-state index is -0.435. The Hall–Kier alpha value is -1.63. The predicted octanol–water partition coefficient (Wildman–Crippen LogP) is -1.66. The van der Waals surface area contributed by atoms with E-state index in [-0.39, 0.29) is 18.4 Å². The first-order valence-corrected chi connectivity index (χ1v) is 6.28. The van der Waals surface area contributed by atoms with Crippen LogP contribution >= 0.6 is 0 Å². The quantitative estimate of drug-likeness (QED) is 0.665. The summed E-state index contributed by atoms with van der Waals surface area (Å²) in [4.78, 5) is 39.5. The Labute approximate surface area is 113 Å². The molecular weight excluding hydrogens is 248 g/mol. The molecule has 0 unspecified atom stereocenters. The van der Waals surface area contributed by atoms with Gasteiger partial charge in [-0.25, -0.2) is 0 Å². The number of primary amides is 1. The van der Waals surface area contributed by atoms with Crippen LogP contribution < -0.4 is 5.73 Å². The highest BCUT2D eigenvalue weighted by Gasteiger charge is 2.28. The van der Waals surface area contributed by atoms with Crippen molar-refractivity contribution >= 4 is 17.7 Å². The number of nitrogens with zero attached hydrogens (tertiary/aromatic N) is 3. The molecule has 1 rings (SSSR count). The van der Waals surface area contributed by atoms with E-state index >= 15 is 0 Å². The standard InChI is InChI=1S/C12H22N4O3/c1-9(17)16-5-4-15(8-11(18)14(2)3)6-10(7-16)12(13)19/h10H,4-8H2,1-3H3,(H2,13,19)/t10-/m0/s1. The van der Waals surface area contributed by atoms with Crippen molar-refractivity contribution in [2.45, 2.75) is 6.92 Å². The molecule has 1 saturated heterocycles. The van der Waals surface area contributed by atoms with Gasteiger partial charge in [-0.3, -0.25) is 19.3 Å². The van der Waals surface area contributed by atoms with Crippen LogP contribution in [0.1, 0.15) is 6.92 Å². The van der Waals surface area contributed by atoms with Gasteiger partial charge in [0.25, 0.3) is 0 Å². The van der Waals surface area contributed by atoms with E-state index in [0.717, 1.165) is 0 Å². The fourth-order valence-electron chi connectivity index (χ4n) is 2.02. The second kappa shape index (κ2) is 6.51. The van der Waals surface area contributed by atoms with E-state index in [2.05, 4.69) is 0 Å². The smallest absolute Gasteiger partial charge is 0.236 e. The number of carbonyl (C=O) groups is 3. The third-order valence-electron chi connectivity index (χ3n) is 3.31. The van der Waals surface area contributed by atoms with E-state index in [0.29, 0.717) is 26.2 Å². The van der Waals surface area contributed by atoms with Crippen LogP contribution in [0.3, 0.4) is 0 Å². The summed E-state index contributed by atoms with van der Waals surface area (Å²) in [6.07, 6.45) is 0. The van der Waals surface area contributed by atoms with E-state index < -0.39 is 11.8 Å². The van der Waals surface area contributed by atoms with E-state index in [9.17, 15) is 14.4 Å². The van der Waals surface area contributed by atoms with E-state index in [1.807, 2.05) is 4.90 Å². The normalized spacial score (nSPS) is 20.8.